The third kappa shape index (κ3) is 5.28. The number of aryl methyl sites for hydroxylation is 4. The number of sulfonamides is 1. The molecular formula is C27H30N4O3S. The molecule has 0 radical (unpaired) electrons. The van der Waals surface area contributed by atoms with Crippen molar-refractivity contribution >= 4 is 27.0 Å². The van der Waals surface area contributed by atoms with Crippen LogP contribution in [0.5, 0.6) is 0 Å². The van der Waals surface area contributed by atoms with Crippen molar-refractivity contribution in [2.24, 2.45) is 7.05 Å². The van der Waals surface area contributed by atoms with Crippen LogP contribution in [0.3, 0.4) is 0 Å². The van der Waals surface area contributed by atoms with Crippen LogP contribution in [0, 0.1) is 20.8 Å². The molecule has 4 rings (SSSR count). The zero-order valence-corrected chi connectivity index (χ0v) is 21.2. The smallest absolute Gasteiger partial charge is 0.241 e. The number of carbonyl (C=O) groups excluding carboxylic acids is 1. The van der Waals surface area contributed by atoms with Crippen molar-refractivity contribution in [3.8, 4) is 0 Å². The number of nitrogens with one attached hydrogen (secondary N) is 2. The molecule has 0 aliphatic heterocycles. The maximum atomic E-state index is 12.9. The summed E-state index contributed by atoms with van der Waals surface area (Å²) in [7, 11) is -1.81. The monoisotopic (exact) mass is 490 g/mol. The van der Waals surface area contributed by atoms with Crippen LogP contribution in [-0.2, 0) is 21.9 Å². The number of imidazole rings is 1. The highest BCUT2D eigenvalue weighted by molar-refractivity contribution is 7.89. The van der Waals surface area contributed by atoms with Crippen LogP contribution < -0.4 is 10.0 Å². The fraction of sp³-hybridized carbons (Fsp3) is 0.259. The van der Waals surface area contributed by atoms with Crippen LogP contribution in [-0.4, -0.2) is 30.4 Å². The third-order valence-corrected chi connectivity index (χ3v) is 7.80. The highest BCUT2D eigenvalue weighted by atomic mass is 32.2. The van der Waals surface area contributed by atoms with Crippen molar-refractivity contribution in [1.29, 1.82) is 0 Å². The number of hydrogen-bond acceptors (Lipinski definition) is 4. The third-order valence-electron chi connectivity index (χ3n) is 6.04. The molecule has 0 aliphatic carbocycles. The maximum absolute atomic E-state index is 12.9. The molecule has 35 heavy (non-hydrogen) atoms. The maximum Gasteiger partial charge on any atom is 0.241 e. The number of rotatable bonds is 8. The molecule has 0 spiro atoms. The molecule has 8 heteroatoms. The van der Waals surface area contributed by atoms with E-state index in [0.29, 0.717) is 17.0 Å². The zero-order valence-electron chi connectivity index (χ0n) is 20.4. The summed E-state index contributed by atoms with van der Waals surface area (Å²) in [6.07, 6.45) is -0.00351. The lowest BCUT2D eigenvalue weighted by Crippen LogP contribution is -2.34. The second kappa shape index (κ2) is 10.0. The van der Waals surface area contributed by atoms with Crippen molar-refractivity contribution in [2.75, 3.05) is 6.54 Å². The minimum Gasteiger partial charge on any atom is -0.342 e. The Labute approximate surface area is 206 Å². The minimum atomic E-state index is -3.74. The molecule has 0 aliphatic rings. The summed E-state index contributed by atoms with van der Waals surface area (Å²) in [6, 6.07) is 20.6. The van der Waals surface area contributed by atoms with Gasteiger partial charge in [-0.3, -0.25) is 4.79 Å². The van der Waals surface area contributed by atoms with Gasteiger partial charge in [0.2, 0.25) is 15.9 Å². The molecule has 0 saturated carbocycles. The SMILES string of the molecule is Cc1cc(C)c(S(=O)(=O)NCCC(=O)NC(c2ccccc2)c2nc3ccccc3n2C)c(C)c1. The summed E-state index contributed by atoms with van der Waals surface area (Å²) in [5.74, 6) is 0.434. The number of carbonyl (C=O) groups is 1. The summed E-state index contributed by atoms with van der Waals surface area (Å²) >= 11 is 0. The first-order valence-corrected chi connectivity index (χ1v) is 13.0. The second-order valence-electron chi connectivity index (χ2n) is 8.80. The molecule has 3 aromatic carbocycles. The van der Waals surface area contributed by atoms with Crippen molar-refractivity contribution in [2.45, 2.75) is 38.1 Å². The van der Waals surface area contributed by atoms with Crippen LogP contribution in [0.15, 0.2) is 71.6 Å². The summed E-state index contributed by atoms with van der Waals surface area (Å²) in [4.78, 5) is 18.0. The van der Waals surface area contributed by atoms with E-state index in [-0.39, 0.29) is 23.8 Å². The first kappa shape index (κ1) is 24.6. The van der Waals surface area contributed by atoms with E-state index in [1.165, 1.54) is 0 Å². The first-order chi connectivity index (χ1) is 16.7. The van der Waals surface area contributed by atoms with Gasteiger partial charge in [0.05, 0.1) is 15.9 Å². The van der Waals surface area contributed by atoms with Crippen molar-refractivity contribution in [3.05, 3.63) is 94.8 Å². The Kier molecular flexibility index (Phi) is 7.05. The zero-order chi connectivity index (χ0) is 25.2. The molecule has 0 saturated heterocycles. The lowest BCUT2D eigenvalue weighted by molar-refractivity contribution is -0.121. The number of aromatic nitrogens is 2. The van der Waals surface area contributed by atoms with Crippen molar-refractivity contribution < 1.29 is 13.2 Å². The number of nitrogens with zero attached hydrogens (tertiary/aromatic N) is 2. The van der Waals surface area contributed by atoms with Gasteiger partial charge in [-0.15, -0.1) is 0 Å². The normalized spacial score (nSPS) is 12.6. The fourth-order valence-electron chi connectivity index (χ4n) is 4.56. The highest BCUT2D eigenvalue weighted by Crippen LogP contribution is 2.25. The largest absolute Gasteiger partial charge is 0.342 e. The number of para-hydroxylation sites is 2. The average molecular weight is 491 g/mol. The van der Waals surface area contributed by atoms with Gasteiger partial charge in [-0.1, -0.05) is 60.2 Å². The fourth-order valence-corrected chi connectivity index (χ4v) is 6.04. The molecule has 0 fully saturated rings. The van der Waals surface area contributed by atoms with Gasteiger partial charge in [0.15, 0.2) is 0 Å². The molecular weight excluding hydrogens is 460 g/mol. The van der Waals surface area contributed by atoms with E-state index in [4.69, 9.17) is 4.98 Å². The molecule has 1 unspecified atom stereocenters. The van der Waals surface area contributed by atoms with Gasteiger partial charge >= 0.3 is 0 Å². The molecule has 7 nitrogen and oxygen atoms in total. The van der Waals surface area contributed by atoms with E-state index in [1.54, 1.807) is 13.8 Å². The van der Waals surface area contributed by atoms with E-state index in [0.717, 1.165) is 22.2 Å². The van der Waals surface area contributed by atoms with Gasteiger partial charge in [0, 0.05) is 20.0 Å². The molecule has 182 valence electrons. The second-order valence-corrected chi connectivity index (χ2v) is 10.5. The van der Waals surface area contributed by atoms with Crippen LogP contribution in [0.25, 0.3) is 11.0 Å². The molecule has 0 bridgehead atoms. The van der Waals surface area contributed by atoms with E-state index in [1.807, 2.05) is 85.3 Å². The molecule has 1 atom stereocenters. The molecule has 1 heterocycles. The van der Waals surface area contributed by atoms with Crippen molar-refractivity contribution in [3.63, 3.8) is 0 Å². The van der Waals surface area contributed by atoms with Gasteiger partial charge in [-0.25, -0.2) is 18.1 Å². The summed E-state index contributed by atoms with van der Waals surface area (Å²) in [6.45, 7) is 5.48. The number of hydrogen-bond donors (Lipinski definition) is 2. The molecule has 1 amide bonds. The topological polar surface area (TPSA) is 93.1 Å². The van der Waals surface area contributed by atoms with Gasteiger partial charge < -0.3 is 9.88 Å². The van der Waals surface area contributed by atoms with E-state index in [2.05, 4.69) is 10.0 Å². The number of benzene rings is 3. The predicted molar refractivity (Wildman–Crippen MR) is 138 cm³/mol. The van der Waals surface area contributed by atoms with E-state index in [9.17, 15) is 13.2 Å². The number of fused-ring (bicyclic) bond motifs is 1. The van der Waals surface area contributed by atoms with Crippen molar-refractivity contribution in [1.82, 2.24) is 19.6 Å². The van der Waals surface area contributed by atoms with Gasteiger partial charge in [0.25, 0.3) is 0 Å². The first-order valence-electron chi connectivity index (χ1n) is 11.5. The average Bonchev–Trinajstić information content (AvgIpc) is 3.13. The van der Waals surface area contributed by atoms with Gasteiger partial charge in [0.1, 0.15) is 11.9 Å². The number of amides is 1. The molecule has 4 aromatic rings. The summed E-state index contributed by atoms with van der Waals surface area (Å²) in [5, 5.41) is 3.05. The summed E-state index contributed by atoms with van der Waals surface area (Å²) in [5.41, 5.74) is 5.08. The molecule has 2 N–H and O–H groups in total. The van der Waals surface area contributed by atoms with Gasteiger partial charge in [-0.2, -0.15) is 0 Å². The van der Waals surface area contributed by atoms with Crippen LogP contribution in [0.1, 0.15) is 40.5 Å². The quantitative estimate of drug-likeness (QED) is 0.389. The summed E-state index contributed by atoms with van der Waals surface area (Å²) < 4.78 is 30.4. The van der Waals surface area contributed by atoms with Crippen LogP contribution in [0.2, 0.25) is 0 Å². The Hall–Kier alpha value is -3.49. The standard InChI is InChI=1S/C27H30N4O3S/c1-18-16-19(2)26(20(3)17-18)35(33,34)28-15-14-24(32)30-25(21-10-6-5-7-11-21)27-29-22-12-8-9-13-23(22)31(27)4/h5-13,16-17,25,28H,14-15H2,1-4H3,(H,30,32). The lowest BCUT2D eigenvalue weighted by Gasteiger charge is -2.19. The Morgan fingerprint density at radius 1 is 0.971 bits per heavy atom. The predicted octanol–water partition coefficient (Wildman–Crippen LogP) is 4.07. The Morgan fingerprint density at radius 3 is 2.26 bits per heavy atom. The highest BCUT2D eigenvalue weighted by Gasteiger charge is 2.24. The minimum absolute atomic E-state index is 0.00351. The van der Waals surface area contributed by atoms with E-state index < -0.39 is 16.1 Å². The van der Waals surface area contributed by atoms with Gasteiger partial charge in [-0.05, 0) is 49.6 Å². The Bertz CT molecular complexity index is 1450. The lowest BCUT2D eigenvalue weighted by atomic mass is 10.1. The van der Waals surface area contributed by atoms with Crippen LogP contribution >= 0.6 is 0 Å². The van der Waals surface area contributed by atoms with Crippen LogP contribution in [0.4, 0.5) is 0 Å². The van der Waals surface area contributed by atoms with E-state index >= 15 is 0 Å². The Balaban J connectivity index is 1.51. The Morgan fingerprint density at radius 2 is 1.60 bits per heavy atom. The molecule has 1 aromatic heterocycles.